The Morgan fingerprint density at radius 3 is 1.96 bits per heavy atom. The number of para-hydroxylation sites is 1. The van der Waals surface area contributed by atoms with Crippen molar-refractivity contribution in [1.82, 2.24) is 4.90 Å². The highest BCUT2D eigenvalue weighted by Crippen LogP contribution is 2.23. The summed E-state index contributed by atoms with van der Waals surface area (Å²) in [5.41, 5.74) is 3.27. The summed E-state index contributed by atoms with van der Waals surface area (Å²) in [4.78, 5) is 37.7. The van der Waals surface area contributed by atoms with Gasteiger partial charge in [-0.2, -0.15) is 0 Å². The van der Waals surface area contributed by atoms with E-state index in [1.54, 1.807) is 24.3 Å². The van der Waals surface area contributed by atoms with Gasteiger partial charge in [-0.3, -0.25) is 19.3 Å². The Morgan fingerprint density at radius 2 is 1.43 bits per heavy atom. The smallest absolute Gasteiger partial charge is 0.262 e. The van der Waals surface area contributed by atoms with E-state index in [2.05, 4.69) is 5.32 Å². The summed E-state index contributed by atoms with van der Waals surface area (Å²) in [6.45, 7) is 3.50. The molecule has 2 aromatic rings. The van der Waals surface area contributed by atoms with Gasteiger partial charge in [-0.1, -0.05) is 30.3 Å². The van der Waals surface area contributed by atoms with Crippen LogP contribution in [0.4, 0.5) is 5.69 Å². The number of hydrogen-bond donors (Lipinski definition) is 1. The van der Waals surface area contributed by atoms with Crippen LogP contribution in [-0.4, -0.2) is 29.2 Å². The summed E-state index contributed by atoms with van der Waals surface area (Å²) in [5, 5.41) is 2.79. The summed E-state index contributed by atoms with van der Waals surface area (Å²) >= 11 is 0. The fourth-order valence-corrected chi connectivity index (χ4v) is 2.72. The largest absolute Gasteiger partial charge is 0.324 e. The maximum Gasteiger partial charge on any atom is 0.262 e. The highest BCUT2D eigenvalue weighted by molar-refractivity contribution is 6.22. The van der Waals surface area contributed by atoms with E-state index in [4.69, 9.17) is 0 Å². The first kappa shape index (κ1) is 15.0. The molecule has 0 aromatic heterocycles. The number of hydrogen-bond acceptors (Lipinski definition) is 3. The van der Waals surface area contributed by atoms with Crippen LogP contribution in [0.15, 0.2) is 42.5 Å². The van der Waals surface area contributed by atoms with Crippen LogP contribution >= 0.6 is 0 Å². The van der Waals surface area contributed by atoms with Gasteiger partial charge in [0, 0.05) is 5.69 Å². The van der Waals surface area contributed by atoms with Crippen molar-refractivity contribution >= 4 is 23.4 Å². The lowest BCUT2D eigenvalue weighted by molar-refractivity contribution is -0.116. The van der Waals surface area contributed by atoms with Crippen molar-refractivity contribution in [1.29, 1.82) is 0 Å². The molecule has 1 aliphatic rings. The number of amides is 3. The number of carbonyl (C=O) groups is 3. The first-order valence-electron chi connectivity index (χ1n) is 7.30. The molecule has 0 atom stereocenters. The van der Waals surface area contributed by atoms with Crippen molar-refractivity contribution in [2.24, 2.45) is 0 Å². The Hall–Kier alpha value is -2.95. The molecule has 1 aliphatic heterocycles. The molecule has 3 amide bonds. The Labute approximate surface area is 133 Å². The highest BCUT2D eigenvalue weighted by Gasteiger charge is 2.36. The third-order valence-electron chi connectivity index (χ3n) is 3.93. The van der Waals surface area contributed by atoms with Crippen LogP contribution in [-0.2, 0) is 4.79 Å². The van der Waals surface area contributed by atoms with Crippen molar-refractivity contribution in [3.05, 3.63) is 64.7 Å². The number of aryl methyl sites for hydroxylation is 2. The van der Waals surface area contributed by atoms with Crippen LogP contribution in [0.3, 0.4) is 0 Å². The molecule has 3 rings (SSSR count). The molecule has 5 heteroatoms. The second-order valence-electron chi connectivity index (χ2n) is 5.56. The van der Waals surface area contributed by atoms with Crippen LogP contribution in [0.1, 0.15) is 31.8 Å². The Bertz CT molecular complexity index is 772. The van der Waals surface area contributed by atoms with E-state index >= 15 is 0 Å². The van der Waals surface area contributed by atoms with Crippen LogP contribution < -0.4 is 5.32 Å². The highest BCUT2D eigenvalue weighted by atomic mass is 16.2. The predicted octanol–water partition coefficient (Wildman–Crippen LogP) is 2.54. The van der Waals surface area contributed by atoms with Gasteiger partial charge in [0.2, 0.25) is 5.91 Å². The second-order valence-corrected chi connectivity index (χ2v) is 5.56. The number of nitrogens with zero attached hydrogens (tertiary/aromatic N) is 1. The van der Waals surface area contributed by atoms with Gasteiger partial charge in [0.1, 0.15) is 6.54 Å². The third-order valence-corrected chi connectivity index (χ3v) is 3.93. The number of benzene rings is 2. The Morgan fingerprint density at radius 1 is 0.913 bits per heavy atom. The minimum atomic E-state index is -0.428. The molecule has 0 spiro atoms. The molecule has 0 aliphatic carbocycles. The summed E-state index contributed by atoms with van der Waals surface area (Å²) in [6, 6.07) is 12.3. The maximum absolute atomic E-state index is 12.3. The maximum atomic E-state index is 12.3. The monoisotopic (exact) mass is 308 g/mol. The van der Waals surface area contributed by atoms with E-state index in [0.717, 1.165) is 16.0 Å². The average Bonchev–Trinajstić information content (AvgIpc) is 2.77. The van der Waals surface area contributed by atoms with Crippen molar-refractivity contribution < 1.29 is 14.4 Å². The first-order valence-corrected chi connectivity index (χ1v) is 7.30. The molecule has 5 nitrogen and oxygen atoms in total. The molecular formula is C18H16N2O3. The lowest BCUT2D eigenvalue weighted by Gasteiger charge is -2.15. The van der Waals surface area contributed by atoms with Crippen molar-refractivity contribution in [3.8, 4) is 0 Å². The van der Waals surface area contributed by atoms with E-state index in [0.29, 0.717) is 16.8 Å². The summed E-state index contributed by atoms with van der Waals surface area (Å²) < 4.78 is 0. The predicted molar refractivity (Wildman–Crippen MR) is 86.4 cm³/mol. The van der Waals surface area contributed by atoms with E-state index < -0.39 is 17.7 Å². The Kier molecular flexibility index (Phi) is 3.70. The molecule has 23 heavy (non-hydrogen) atoms. The fourth-order valence-electron chi connectivity index (χ4n) is 2.72. The normalized spacial score (nSPS) is 13.2. The zero-order valence-corrected chi connectivity index (χ0v) is 12.9. The van der Waals surface area contributed by atoms with Gasteiger partial charge in [0.25, 0.3) is 11.8 Å². The quantitative estimate of drug-likeness (QED) is 0.886. The van der Waals surface area contributed by atoms with Gasteiger partial charge in [-0.15, -0.1) is 0 Å². The second kappa shape index (κ2) is 5.68. The van der Waals surface area contributed by atoms with Crippen LogP contribution in [0.5, 0.6) is 0 Å². The fraction of sp³-hybridized carbons (Fsp3) is 0.167. The minimum Gasteiger partial charge on any atom is -0.324 e. The van der Waals surface area contributed by atoms with E-state index in [1.807, 2.05) is 32.0 Å². The topological polar surface area (TPSA) is 66.5 Å². The van der Waals surface area contributed by atoms with Crippen LogP contribution in [0.2, 0.25) is 0 Å². The molecule has 0 unspecified atom stereocenters. The van der Waals surface area contributed by atoms with E-state index in [-0.39, 0.29) is 6.54 Å². The summed E-state index contributed by atoms with van der Waals surface area (Å²) in [6.07, 6.45) is 0. The summed E-state index contributed by atoms with van der Waals surface area (Å²) in [5.74, 6) is -1.25. The lowest BCUT2D eigenvalue weighted by atomic mass is 10.1. The standard InChI is InChI=1S/C18H16N2O3/c1-11-6-5-7-12(2)16(11)19-15(21)10-20-17(22)13-8-3-4-9-14(13)18(20)23/h3-9H,10H2,1-2H3,(H,19,21). The number of nitrogens with one attached hydrogen (secondary N) is 1. The number of fused-ring (bicyclic) bond motifs is 1. The van der Waals surface area contributed by atoms with Gasteiger partial charge < -0.3 is 5.32 Å². The molecule has 0 saturated heterocycles. The third kappa shape index (κ3) is 2.61. The number of carbonyl (C=O) groups excluding carboxylic acids is 3. The summed E-state index contributed by atoms with van der Waals surface area (Å²) in [7, 11) is 0. The molecule has 116 valence electrons. The van der Waals surface area contributed by atoms with Gasteiger partial charge in [-0.05, 0) is 37.1 Å². The molecule has 0 radical (unpaired) electrons. The molecule has 0 bridgehead atoms. The first-order chi connectivity index (χ1) is 11.0. The minimum absolute atomic E-state index is 0.292. The van der Waals surface area contributed by atoms with Crippen molar-refractivity contribution in [3.63, 3.8) is 0 Å². The number of rotatable bonds is 3. The molecular weight excluding hydrogens is 292 g/mol. The van der Waals surface area contributed by atoms with Crippen molar-refractivity contribution in [2.75, 3.05) is 11.9 Å². The SMILES string of the molecule is Cc1cccc(C)c1NC(=O)CN1C(=O)c2ccccc2C1=O. The number of imide groups is 1. The zero-order valence-electron chi connectivity index (χ0n) is 12.9. The van der Waals surface area contributed by atoms with E-state index in [9.17, 15) is 14.4 Å². The van der Waals surface area contributed by atoms with Crippen LogP contribution in [0, 0.1) is 13.8 Å². The van der Waals surface area contributed by atoms with Gasteiger partial charge >= 0.3 is 0 Å². The molecule has 1 N–H and O–H groups in total. The molecule has 2 aromatic carbocycles. The molecule has 0 fully saturated rings. The molecule has 0 saturated carbocycles. The lowest BCUT2D eigenvalue weighted by Crippen LogP contribution is -2.37. The van der Waals surface area contributed by atoms with Crippen molar-refractivity contribution in [2.45, 2.75) is 13.8 Å². The Balaban J connectivity index is 1.77. The molecule has 1 heterocycles. The van der Waals surface area contributed by atoms with Gasteiger partial charge in [-0.25, -0.2) is 0 Å². The number of anilines is 1. The zero-order chi connectivity index (χ0) is 16.6. The average molecular weight is 308 g/mol. The van der Waals surface area contributed by atoms with Crippen LogP contribution in [0.25, 0.3) is 0 Å². The van der Waals surface area contributed by atoms with E-state index in [1.165, 1.54) is 0 Å². The van der Waals surface area contributed by atoms with Gasteiger partial charge in [0.05, 0.1) is 11.1 Å². The van der Waals surface area contributed by atoms with Gasteiger partial charge in [0.15, 0.2) is 0 Å².